The molecule has 0 aromatic heterocycles. The first kappa shape index (κ1) is 12.7. The molecule has 0 radical (unpaired) electrons. The zero-order valence-electron chi connectivity index (χ0n) is 10.9. The fraction of sp³-hybridized carbons (Fsp3) is 0.400. The zero-order valence-corrected chi connectivity index (χ0v) is 10.9. The van der Waals surface area contributed by atoms with Gasteiger partial charge in [0.15, 0.2) is 5.78 Å². The van der Waals surface area contributed by atoms with Crippen LogP contribution in [0.2, 0.25) is 0 Å². The van der Waals surface area contributed by atoms with E-state index in [0.717, 1.165) is 36.4 Å². The monoisotopic (exact) mass is 245 g/mol. The normalized spacial score (nSPS) is 21.8. The van der Waals surface area contributed by atoms with Crippen molar-refractivity contribution in [3.05, 3.63) is 35.5 Å². The summed E-state index contributed by atoms with van der Waals surface area (Å²) in [6.45, 7) is 2.95. The minimum absolute atomic E-state index is 0.177. The summed E-state index contributed by atoms with van der Waals surface area (Å²) in [4.78, 5) is 12.1. The van der Waals surface area contributed by atoms with Crippen molar-refractivity contribution in [1.82, 2.24) is 5.32 Å². The fourth-order valence-electron chi connectivity index (χ4n) is 2.20. The molecule has 1 aliphatic rings. The summed E-state index contributed by atoms with van der Waals surface area (Å²) in [7, 11) is 1.64. The third-order valence-electron chi connectivity index (χ3n) is 3.36. The molecule has 3 heteroatoms. The van der Waals surface area contributed by atoms with E-state index >= 15 is 0 Å². The molecule has 1 atom stereocenters. The van der Waals surface area contributed by atoms with Gasteiger partial charge < -0.3 is 10.1 Å². The number of rotatable bonds is 3. The first-order chi connectivity index (χ1) is 8.74. The number of allylic oxidation sites excluding steroid dienone is 1. The van der Waals surface area contributed by atoms with E-state index in [1.807, 2.05) is 30.3 Å². The predicted molar refractivity (Wildman–Crippen MR) is 72.4 cm³/mol. The second-order valence-corrected chi connectivity index (χ2v) is 4.52. The van der Waals surface area contributed by atoms with Crippen molar-refractivity contribution >= 4 is 11.9 Å². The van der Waals surface area contributed by atoms with E-state index in [1.165, 1.54) is 0 Å². The van der Waals surface area contributed by atoms with Crippen molar-refractivity contribution < 1.29 is 9.53 Å². The molecule has 1 heterocycles. The van der Waals surface area contributed by atoms with Crippen LogP contribution in [-0.2, 0) is 4.79 Å². The number of carbonyl (C=O) groups excluding carboxylic acids is 1. The molecule has 0 aliphatic carbocycles. The predicted octanol–water partition coefficient (Wildman–Crippen LogP) is 2.62. The van der Waals surface area contributed by atoms with Gasteiger partial charge in [0.25, 0.3) is 0 Å². The molecule has 18 heavy (non-hydrogen) atoms. The molecule has 1 aromatic rings. The molecular formula is C15H19NO2. The van der Waals surface area contributed by atoms with Crippen LogP contribution in [-0.4, -0.2) is 19.4 Å². The van der Waals surface area contributed by atoms with E-state index in [4.69, 9.17) is 4.74 Å². The van der Waals surface area contributed by atoms with Crippen molar-refractivity contribution in [3.8, 4) is 5.75 Å². The molecule has 0 spiro atoms. The lowest BCUT2D eigenvalue weighted by Crippen LogP contribution is -2.34. The summed E-state index contributed by atoms with van der Waals surface area (Å²) in [5.74, 6) is 1.24. The van der Waals surface area contributed by atoms with E-state index in [9.17, 15) is 4.79 Å². The van der Waals surface area contributed by atoms with E-state index in [-0.39, 0.29) is 11.7 Å². The maximum Gasteiger partial charge on any atom is 0.181 e. The first-order valence-electron chi connectivity index (χ1n) is 6.38. The second-order valence-electron chi connectivity index (χ2n) is 4.52. The molecule has 1 aromatic carbocycles. The van der Waals surface area contributed by atoms with Crippen LogP contribution in [0.5, 0.6) is 5.75 Å². The van der Waals surface area contributed by atoms with E-state index < -0.39 is 0 Å². The van der Waals surface area contributed by atoms with E-state index in [0.29, 0.717) is 0 Å². The molecule has 96 valence electrons. The molecular weight excluding hydrogens is 226 g/mol. The van der Waals surface area contributed by atoms with Crippen LogP contribution in [0, 0.1) is 5.92 Å². The molecule has 2 rings (SSSR count). The van der Waals surface area contributed by atoms with Gasteiger partial charge in [0.2, 0.25) is 0 Å². The highest BCUT2D eigenvalue weighted by Gasteiger charge is 2.24. The van der Waals surface area contributed by atoms with Gasteiger partial charge in [-0.15, -0.1) is 0 Å². The van der Waals surface area contributed by atoms with Crippen LogP contribution < -0.4 is 10.1 Å². The lowest BCUT2D eigenvalue weighted by atomic mass is 9.91. The van der Waals surface area contributed by atoms with E-state index in [1.54, 1.807) is 7.11 Å². The maximum absolute atomic E-state index is 12.1. The average molecular weight is 245 g/mol. The van der Waals surface area contributed by atoms with Gasteiger partial charge in [-0.2, -0.15) is 0 Å². The molecule has 1 N–H and O–H groups in total. The lowest BCUT2D eigenvalue weighted by molar-refractivity contribution is -0.120. The van der Waals surface area contributed by atoms with Gasteiger partial charge in [-0.25, -0.2) is 0 Å². The highest BCUT2D eigenvalue weighted by atomic mass is 16.5. The Kier molecular flexibility index (Phi) is 4.03. The van der Waals surface area contributed by atoms with Gasteiger partial charge in [-0.05, 0) is 36.6 Å². The van der Waals surface area contributed by atoms with Gasteiger partial charge in [0.05, 0.1) is 12.8 Å². The molecule has 1 unspecified atom stereocenters. The largest absolute Gasteiger partial charge is 0.497 e. The zero-order chi connectivity index (χ0) is 13.0. The number of hydrogen-bond acceptors (Lipinski definition) is 3. The summed E-state index contributed by atoms with van der Waals surface area (Å²) >= 11 is 0. The lowest BCUT2D eigenvalue weighted by Gasteiger charge is -2.23. The van der Waals surface area contributed by atoms with Crippen LogP contribution >= 0.6 is 0 Å². The topological polar surface area (TPSA) is 38.3 Å². The second kappa shape index (κ2) is 5.71. The standard InChI is InChI=1S/C15H19NO2/c1-3-12-8-9-16-14(15(12)17)10-11-4-6-13(18-2)7-5-11/h4-7,10,12,16H,3,8-9H2,1-2H3/b14-10-. The molecule has 0 saturated carbocycles. The smallest absolute Gasteiger partial charge is 0.181 e. The van der Waals surface area contributed by atoms with Crippen molar-refractivity contribution in [2.24, 2.45) is 5.92 Å². The van der Waals surface area contributed by atoms with Crippen molar-refractivity contribution in [2.45, 2.75) is 19.8 Å². The number of methoxy groups -OCH3 is 1. The number of ether oxygens (including phenoxy) is 1. The van der Waals surface area contributed by atoms with E-state index in [2.05, 4.69) is 12.2 Å². The number of hydrogen-bond donors (Lipinski definition) is 1. The van der Waals surface area contributed by atoms with Crippen LogP contribution in [0.1, 0.15) is 25.3 Å². The summed E-state index contributed by atoms with van der Waals surface area (Å²) in [5, 5.41) is 3.19. The maximum atomic E-state index is 12.1. The molecule has 0 amide bonds. The summed E-state index contributed by atoms with van der Waals surface area (Å²) in [6, 6.07) is 7.71. The molecule has 3 nitrogen and oxygen atoms in total. The molecule has 1 saturated heterocycles. The van der Waals surface area contributed by atoms with Gasteiger partial charge in [-0.3, -0.25) is 4.79 Å². The van der Waals surface area contributed by atoms with Crippen molar-refractivity contribution in [2.75, 3.05) is 13.7 Å². The van der Waals surface area contributed by atoms with Gasteiger partial charge >= 0.3 is 0 Å². The van der Waals surface area contributed by atoms with Crippen molar-refractivity contribution in [3.63, 3.8) is 0 Å². The number of carbonyl (C=O) groups is 1. The van der Waals surface area contributed by atoms with Crippen molar-refractivity contribution in [1.29, 1.82) is 0 Å². The Bertz CT molecular complexity index is 448. The summed E-state index contributed by atoms with van der Waals surface area (Å²) in [6.07, 6.45) is 3.78. The Hall–Kier alpha value is -1.77. The highest BCUT2D eigenvalue weighted by Crippen LogP contribution is 2.20. The van der Waals surface area contributed by atoms with Crippen LogP contribution in [0.15, 0.2) is 30.0 Å². The Morgan fingerprint density at radius 3 is 2.72 bits per heavy atom. The third-order valence-corrected chi connectivity index (χ3v) is 3.36. The number of nitrogens with one attached hydrogen (secondary N) is 1. The minimum Gasteiger partial charge on any atom is -0.497 e. The highest BCUT2D eigenvalue weighted by molar-refractivity contribution is 6.01. The first-order valence-corrected chi connectivity index (χ1v) is 6.38. The van der Waals surface area contributed by atoms with Crippen LogP contribution in [0.3, 0.4) is 0 Å². The summed E-state index contributed by atoms with van der Waals surface area (Å²) in [5.41, 5.74) is 1.75. The molecule has 1 aliphatic heterocycles. The number of Topliss-reactive ketones (excluding diaryl/α,β-unsaturated/α-hetero) is 1. The van der Waals surface area contributed by atoms with Gasteiger partial charge in [0, 0.05) is 12.5 Å². The molecule has 0 bridgehead atoms. The quantitative estimate of drug-likeness (QED) is 0.832. The Morgan fingerprint density at radius 2 is 2.11 bits per heavy atom. The Labute approximate surface area is 108 Å². The average Bonchev–Trinajstić information content (AvgIpc) is 2.42. The number of benzene rings is 1. The summed E-state index contributed by atoms with van der Waals surface area (Å²) < 4.78 is 5.11. The third kappa shape index (κ3) is 2.73. The SMILES string of the molecule is CCC1CCN/C(=C\c2ccc(OC)cc2)C1=O. The Morgan fingerprint density at radius 1 is 1.39 bits per heavy atom. The minimum atomic E-state index is 0.177. The van der Waals surface area contributed by atoms with Gasteiger partial charge in [-0.1, -0.05) is 19.1 Å². The number of piperidine rings is 1. The van der Waals surface area contributed by atoms with Crippen LogP contribution in [0.25, 0.3) is 6.08 Å². The fourth-order valence-corrected chi connectivity index (χ4v) is 2.20. The Balaban J connectivity index is 2.18. The molecule has 1 fully saturated rings. The van der Waals surface area contributed by atoms with Gasteiger partial charge in [0.1, 0.15) is 5.75 Å². The van der Waals surface area contributed by atoms with Crippen LogP contribution in [0.4, 0.5) is 0 Å². The number of ketones is 1.